The molecule has 0 amide bonds. The van der Waals surface area contributed by atoms with E-state index >= 15 is 0 Å². The molecule has 0 aliphatic carbocycles. The minimum atomic E-state index is -3.26. The summed E-state index contributed by atoms with van der Waals surface area (Å²) in [5.74, 6) is -0.538. The first kappa shape index (κ1) is 16.0. The van der Waals surface area contributed by atoms with Crippen molar-refractivity contribution in [2.75, 3.05) is 19.8 Å². The minimum Gasteiger partial charge on any atom is -0.460 e. The zero-order valence-corrected chi connectivity index (χ0v) is 12.3. The lowest BCUT2D eigenvalue weighted by atomic mass is 10.3. The molecule has 1 aromatic heterocycles. The molecule has 1 rings (SSSR count). The van der Waals surface area contributed by atoms with Crippen LogP contribution in [0.1, 0.15) is 36.9 Å². The van der Waals surface area contributed by atoms with E-state index in [-0.39, 0.29) is 31.7 Å². The minimum absolute atomic E-state index is 0.0146. The topological polar surface area (TPSA) is 75.0 Å². The maximum Gasteiger partial charge on any atom is 0.374 e. The Kier molecular flexibility index (Phi) is 6.28. The molecule has 0 aliphatic heterocycles. The summed E-state index contributed by atoms with van der Waals surface area (Å²) in [5.41, 5.74) is 0.462. The monoisotopic (exact) mass is 290 g/mol. The first-order valence-electron chi connectivity index (χ1n) is 6.17. The van der Waals surface area contributed by atoms with Gasteiger partial charge in [-0.1, -0.05) is 0 Å². The Morgan fingerprint density at radius 2 is 1.84 bits per heavy atom. The quantitative estimate of drug-likeness (QED) is 0.540. The van der Waals surface area contributed by atoms with E-state index in [1.165, 1.54) is 6.26 Å². The van der Waals surface area contributed by atoms with Gasteiger partial charge in [0.15, 0.2) is 0 Å². The van der Waals surface area contributed by atoms with Gasteiger partial charge in [-0.15, -0.1) is 0 Å². The molecule has 0 N–H and O–H groups in total. The average molecular weight is 290 g/mol. The van der Waals surface area contributed by atoms with Crippen LogP contribution in [-0.2, 0) is 24.5 Å². The van der Waals surface area contributed by atoms with Gasteiger partial charge in [0.25, 0.3) is 0 Å². The number of furan rings is 1. The average Bonchev–Trinajstić information content (AvgIpc) is 2.77. The van der Waals surface area contributed by atoms with Crippen molar-refractivity contribution in [1.82, 2.24) is 0 Å². The van der Waals surface area contributed by atoms with Crippen LogP contribution in [-0.4, -0.2) is 25.8 Å². The van der Waals surface area contributed by atoms with Crippen LogP contribution in [0.3, 0.4) is 0 Å². The lowest BCUT2D eigenvalue weighted by molar-refractivity contribution is 0.0488. The van der Waals surface area contributed by atoms with Gasteiger partial charge in [-0.05, 0) is 26.8 Å². The van der Waals surface area contributed by atoms with Gasteiger partial charge < -0.3 is 18.2 Å². The molecule has 0 saturated carbocycles. The highest BCUT2D eigenvalue weighted by molar-refractivity contribution is 7.53. The Morgan fingerprint density at radius 3 is 2.37 bits per heavy atom. The van der Waals surface area contributed by atoms with Gasteiger partial charge >= 0.3 is 13.6 Å². The molecule has 108 valence electrons. The van der Waals surface area contributed by atoms with E-state index in [1.54, 1.807) is 26.8 Å². The van der Waals surface area contributed by atoms with Crippen molar-refractivity contribution < 1.29 is 27.6 Å². The van der Waals surface area contributed by atoms with Crippen molar-refractivity contribution >= 4 is 13.6 Å². The molecule has 0 unspecified atom stereocenters. The predicted molar refractivity (Wildman–Crippen MR) is 69.2 cm³/mol. The molecule has 0 spiro atoms. The van der Waals surface area contributed by atoms with Gasteiger partial charge in [-0.3, -0.25) is 4.57 Å². The standard InChI is InChI=1S/C12H19O6P/c1-4-15-12(13)11-10(7-8-16-11)9-19(14,17-5-2)18-6-3/h7-8H,4-6,9H2,1-3H3. The first-order chi connectivity index (χ1) is 9.06. The van der Waals surface area contributed by atoms with E-state index in [4.69, 9.17) is 18.2 Å². The Hall–Kier alpha value is -1.10. The largest absolute Gasteiger partial charge is 0.460 e. The van der Waals surface area contributed by atoms with E-state index in [0.29, 0.717) is 5.56 Å². The maximum absolute atomic E-state index is 12.4. The van der Waals surface area contributed by atoms with Gasteiger partial charge in [0, 0.05) is 5.56 Å². The summed E-state index contributed by atoms with van der Waals surface area (Å²) >= 11 is 0. The summed E-state index contributed by atoms with van der Waals surface area (Å²) in [7, 11) is -3.26. The van der Waals surface area contributed by atoms with Crippen molar-refractivity contribution in [3.8, 4) is 0 Å². The molecule has 7 heteroatoms. The highest BCUT2D eigenvalue weighted by Crippen LogP contribution is 2.51. The third-order valence-corrected chi connectivity index (χ3v) is 4.25. The summed E-state index contributed by atoms with van der Waals surface area (Å²) in [6.07, 6.45) is 1.34. The SMILES string of the molecule is CCOC(=O)c1occc1CP(=O)(OCC)OCC. The number of esters is 1. The fourth-order valence-corrected chi connectivity index (χ4v) is 3.28. The first-order valence-corrected chi connectivity index (χ1v) is 7.90. The van der Waals surface area contributed by atoms with E-state index in [9.17, 15) is 9.36 Å². The van der Waals surface area contributed by atoms with E-state index in [1.807, 2.05) is 0 Å². The van der Waals surface area contributed by atoms with Gasteiger partial charge in [0.2, 0.25) is 5.76 Å². The van der Waals surface area contributed by atoms with Crippen LogP contribution in [0.15, 0.2) is 16.7 Å². The lowest BCUT2D eigenvalue weighted by Gasteiger charge is -2.16. The summed E-state index contributed by atoms with van der Waals surface area (Å²) < 4.78 is 32.7. The molecule has 0 fully saturated rings. The van der Waals surface area contributed by atoms with Crippen molar-refractivity contribution in [2.45, 2.75) is 26.9 Å². The molecule has 19 heavy (non-hydrogen) atoms. The number of hydrogen-bond acceptors (Lipinski definition) is 6. The second-order valence-corrected chi connectivity index (χ2v) is 5.65. The molecule has 0 atom stereocenters. The van der Waals surface area contributed by atoms with E-state index in [2.05, 4.69) is 0 Å². The Morgan fingerprint density at radius 1 is 1.21 bits per heavy atom. The van der Waals surface area contributed by atoms with Gasteiger partial charge in [-0.2, -0.15) is 0 Å². The second-order valence-electron chi connectivity index (χ2n) is 3.60. The van der Waals surface area contributed by atoms with Crippen LogP contribution in [0, 0.1) is 0 Å². The summed E-state index contributed by atoms with van der Waals surface area (Å²) in [4.78, 5) is 11.6. The highest BCUT2D eigenvalue weighted by Gasteiger charge is 2.28. The molecule has 0 aromatic carbocycles. The fraction of sp³-hybridized carbons (Fsp3) is 0.583. The zero-order valence-electron chi connectivity index (χ0n) is 11.4. The summed E-state index contributed by atoms with van der Waals surface area (Å²) in [6, 6.07) is 1.57. The maximum atomic E-state index is 12.4. The normalized spacial score (nSPS) is 11.5. The van der Waals surface area contributed by atoms with Crippen LogP contribution in [0.25, 0.3) is 0 Å². The Bertz CT molecular complexity index is 443. The molecule has 0 bridgehead atoms. The van der Waals surface area contributed by atoms with Crippen LogP contribution in [0.5, 0.6) is 0 Å². The van der Waals surface area contributed by atoms with Crippen LogP contribution in [0.2, 0.25) is 0 Å². The second kappa shape index (κ2) is 7.48. The smallest absolute Gasteiger partial charge is 0.374 e. The van der Waals surface area contributed by atoms with E-state index in [0.717, 1.165) is 0 Å². The van der Waals surface area contributed by atoms with Crippen LogP contribution >= 0.6 is 7.60 Å². The number of hydrogen-bond donors (Lipinski definition) is 0. The molecular formula is C12H19O6P. The third kappa shape index (κ3) is 4.49. The summed E-state index contributed by atoms with van der Waals surface area (Å²) in [5, 5.41) is 0. The van der Waals surface area contributed by atoms with Crippen LogP contribution < -0.4 is 0 Å². The van der Waals surface area contributed by atoms with Crippen molar-refractivity contribution in [1.29, 1.82) is 0 Å². The summed E-state index contributed by atoms with van der Waals surface area (Å²) in [6.45, 7) is 5.94. The van der Waals surface area contributed by atoms with Crippen LogP contribution in [0.4, 0.5) is 0 Å². The molecule has 1 aromatic rings. The van der Waals surface area contributed by atoms with Gasteiger partial charge in [0.05, 0.1) is 32.2 Å². The third-order valence-electron chi connectivity index (χ3n) is 2.22. The Labute approximate surface area is 112 Å². The van der Waals surface area contributed by atoms with Crippen molar-refractivity contribution in [2.24, 2.45) is 0 Å². The number of rotatable bonds is 8. The lowest BCUT2D eigenvalue weighted by Crippen LogP contribution is -2.07. The molecule has 0 saturated heterocycles. The fourth-order valence-electron chi connectivity index (χ4n) is 1.57. The predicted octanol–water partition coefficient (Wildman–Crippen LogP) is 3.22. The number of carbonyl (C=O) groups is 1. The number of ether oxygens (including phenoxy) is 1. The number of carbonyl (C=O) groups excluding carboxylic acids is 1. The van der Waals surface area contributed by atoms with Gasteiger partial charge in [-0.25, -0.2) is 4.79 Å². The molecule has 0 radical (unpaired) electrons. The highest BCUT2D eigenvalue weighted by atomic mass is 31.2. The molecular weight excluding hydrogens is 271 g/mol. The molecule has 1 heterocycles. The van der Waals surface area contributed by atoms with Crippen molar-refractivity contribution in [3.63, 3.8) is 0 Å². The van der Waals surface area contributed by atoms with Crippen molar-refractivity contribution in [3.05, 3.63) is 23.7 Å². The zero-order chi connectivity index (χ0) is 14.3. The van der Waals surface area contributed by atoms with Gasteiger partial charge in [0.1, 0.15) is 0 Å². The molecule has 0 aliphatic rings. The molecule has 6 nitrogen and oxygen atoms in total. The Balaban J connectivity index is 2.89. The van der Waals surface area contributed by atoms with E-state index < -0.39 is 13.6 Å².